The Hall–Kier alpha value is -0.940. The summed E-state index contributed by atoms with van der Waals surface area (Å²) in [4.78, 5) is 21.2. The summed E-state index contributed by atoms with van der Waals surface area (Å²) in [5.41, 5.74) is 0.855. The lowest BCUT2D eigenvalue weighted by atomic mass is 9.91. The number of aldehydes is 1. The second-order valence-electron chi connectivity index (χ2n) is 5.87. The van der Waals surface area contributed by atoms with Gasteiger partial charge < -0.3 is 9.80 Å². The van der Waals surface area contributed by atoms with Crippen LogP contribution in [-0.2, 0) is 5.41 Å². The van der Waals surface area contributed by atoms with Crippen LogP contribution < -0.4 is 4.90 Å². The number of hydrogen-bond acceptors (Lipinski definition) is 5. The van der Waals surface area contributed by atoms with E-state index in [9.17, 15) is 4.79 Å². The second-order valence-corrected chi connectivity index (χ2v) is 6.88. The fourth-order valence-corrected chi connectivity index (χ4v) is 3.21. The van der Waals surface area contributed by atoms with Crippen LogP contribution in [0, 0.1) is 0 Å². The van der Waals surface area contributed by atoms with Gasteiger partial charge in [-0.25, -0.2) is 4.98 Å². The first-order valence-corrected chi connectivity index (χ1v) is 7.13. The maximum atomic E-state index is 11.2. The van der Waals surface area contributed by atoms with Gasteiger partial charge in [-0.1, -0.05) is 32.1 Å². The summed E-state index contributed by atoms with van der Waals surface area (Å²) in [6.45, 7) is 10.4. The summed E-state index contributed by atoms with van der Waals surface area (Å²) >= 11 is 1.52. The molecule has 0 amide bonds. The Kier molecular flexibility index (Phi) is 3.73. The van der Waals surface area contributed by atoms with Crippen molar-refractivity contribution in [3.8, 4) is 0 Å². The van der Waals surface area contributed by atoms with Gasteiger partial charge in [0.15, 0.2) is 11.4 Å². The highest BCUT2D eigenvalue weighted by Gasteiger charge is 2.25. The van der Waals surface area contributed by atoms with E-state index in [1.54, 1.807) is 0 Å². The van der Waals surface area contributed by atoms with E-state index in [1.807, 2.05) is 0 Å². The van der Waals surface area contributed by atoms with Crippen LogP contribution in [0.4, 0.5) is 5.13 Å². The number of carbonyl (C=O) groups is 1. The highest BCUT2D eigenvalue weighted by atomic mass is 32.1. The van der Waals surface area contributed by atoms with Crippen molar-refractivity contribution >= 4 is 22.8 Å². The molecule has 4 nitrogen and oxygen atoms in total. The van der Waals surface area contributed by atoms with Crippen LogP contribution in [0.5, 0.6) is 0 Å². The molecule has 0 aliphatic carbocycles. The minimum absolute atomic E-state index is 0.0719. The van der Waals surface area contributed by atoms with E-state index in [4.69, 9.17) is 4.98 Å². The zero-order chi connectivity index (χ0) is 13.3. The highest BCUT2D eigenvalue weighted by Crippen LogP contribution is 2.33. The number of piperazine rings is 1. The first kappa shape index (κ1) is 13.5. The molecular weight excluding hydrogens is 246 g/mol. The highest BCUT2D eigenvalue weighted by molar-refractivity contribution is 7.17. The van der Waals surface area contributed by atoms with Gasteiger partial charge in [-0.15, -0.1) is 0 Å². The molecule has 1 fully saturated rings. The first-order valence-electron chi connectivity index (χ1n) is 6.32. The molecule has 100 valence electrons. The van der Waals surface area contributed by atoms with Gasteiger partial charge in [0, 0.05) is 31.6 Å². The first-order chi connectivity index (χ1) is 8.41. The molecule has 0 bridgehead atoms. The average molecular weight is 267 g/mol. The third-order valence-electron chi connectivity index (χ3n) is 3.23. The van der Waals surface area contributed by atoms with E-state index in [0.29, 0.717) is 0 Å². The Morgan fingerprint density at radius 2 is 1.83 bits per heavy atom. The van der Waals surface area contributed by atoms with Crippen molar-refractivity contribution < 1.29 is 4.79 Å². The lowest BCUT2D eigenvalue weighted by Gasteiger charge is -2.32. The Balaban J connectivity index is 2.25. The van der Waals surface area contributed by atoms with Crippen LogP contribution in [0.3, 0.4) is 0 Å². The van der Waals surface area contributed by atoms with E-state index in [2.05, 4.69) is 37.6 Å². The molecule has 0 saturated carbocycles. The monoisotopic (exact) mass is 267 g/mol. The number of aromatic nitrogens is 1. The zero-order valence-electron chi connectivity index (χ0n) is 11.6. The van der Waals surface area contributed by atoms with Crippen molar-refractivity contribution in [3.05, 3.63) is 10.6 Å². The molecule has 18 heavy (non-hydrogen) atoms. The summed E-state index contributed by atoms with van der Waals surface area (Å²) in [5, 5.41) is 0.995. The SMILES string of the molecule is CN1CCN(c2nc(C(C)(C)C)c(C=O)s2)CC1. The van der Waals surface area contributed by atoms with Crippen LogP contribution >= 0.6 is 11.3 Å². The smallest absolute Gasteiger partial charge is 0.186 e. The molecule has 1 aliphatic heterocycles. The van der Waals surface area contributed by atoms with Crippen molar-refractivity contribution in [2.75, 3.05) is 38.1 Å². The molecule has 2 heterocycles. The van der Waals surface area contributed by atoms with Crippen molar-refractivity contribution in [2.24, 2.45) is 0 Å². The fraction of sp³-hybridized carbons (Fsp3) is 0.692. The van der Waals surface area contributed by atoms with Crippen LogP contribution in [0.25, 0.3) is 0 Å². The Morgan fingerprint density at radius 1 is 1.22 bits per heavy atom. The zero-order valence-corrected chi connectivity index (χ0v) is 12.4. The van der Waals surface area contributed by atoms with E-state index in [1.165, 1.54) is 11.3 Å². The topological polar surface area (TPSA) is 36.4 Å². The van der Waals surface area contributed by atoms with Crippen LogP contribution in [0.15, 0.2) is 0 Å². The maximum absolute atomic E-state index is 11.2. The van der Waals surface area contributed by atoms with Gasteiger partial charge in [-0.3, -0.25) is 4.79 Å². The molecule has 0 unspecified atom stereocenters. The average Bonchev–Trinajstić information content (AvgIpc) is 2.73. The largest absolute Gasteiger partial charge is 0.346 e. The normalized spacial score (nSPS) is 18.1. The van der Waals surface area contributed by atoms with E-state index in [0.717, 1.165) is 48.2 Å². The molecule has 0 N–H and O–H groups in total. The number of thiazole rings is 1. The lowest BCUT2D eigenvalue weighted by molar-refractivity contribution is 0.112. The number of nitrogens with zero attached hydrogens (tertiary/aromatic N) is 3. The van der Waals surface area contributed by atoms with Crippen molar-refractivity contribution in [3.63, 3.8) is 0 Å². The molecular formula is C13H21N3OS. The minimum atomic E-state index is -0.0719. The molecule has 1 aromatic heterocycles. The predicted octanol–water partition coefficient (Wildman–Crippen LogP) is 2.00. The van der Waals surface area contributed by atoms with Gasteiger partial charge >= 0.3 is 0 Å². The van der Waals surface area contributed by atoms with Crippen LogP contribution in [0.2, 0.25) is 0 Å². The summed E-state index contributed by atoms with van der Waals surface area (Å²) in [6, 6.07) is 0. The van der Waals surface area contributed by atoms with E-state index < -0.39 is 0 Å². The molecule has 0 atom stereocenters. The molecule has 1 aliphatic rings. The number of carbonyl (C=O) groups excluding carboxylic acids is 1. The minimum Gasteiger partial charge on any atom is -0.346 e. The Labute approximate surface area is 113 Å². The molecule has 1 aromatic rings. The summed E-state index contributed by atoms with van der Waals surface area (Å²) in [7, 11) is 2.14. The van der Waals surface area contributed by atoms with E-state index >= 15 is 0 Å². The number of rotatable bonds is 2. The third kappa shape index (κ3) is 2.72. The van der Waals surface area contributed by atoms with Gasteiger partial charge in [0.2, 0.25) is 0 Å². The van der Waals surface area contributed by atoms with Crippen molar-refractivity contribution in [1.82, 2.24) is 9.88 Å². The predicted molar refractivity (Wildman–Crippen MR) is 75.9 cm³/mol. The molecule has 5 heteroatoms. The molecule has 0 aromatic carbocycles. The lowest BCUT2D eigenvalue weighted by Crippen LogP contribution is -2.44. The molecule has 1 saturated heterocycles. The summed E-state index contributed by atoms with van der Waals surface area (Å²) < 4.78 is 0. The fourth-order valence-electron chi connectivity index (χ4n) is 2.07. The maximum Gasteiger partial charge on any atom is 0.186 e. The van der Waals surface area contributed by atoms with Crippen LogP contribution in [-0.4, -0.2) is 49.4 Å². The van der Waals surface area contributed by atoms with Crippen molar-refractivity contribution in [1.29, 1.82) is 0 Å². The van der Waals surface area contributed by atoms with Gasteiger partial charge in [0.05, 0.1) is 10.6 Å². The van der Waals surface area contributed by atoms with Gasteiger partial charge in [-0.05, 0) is 7.05 Å². The molecule has 0 spiro atoms. The summed E-state index contributed by atoms with van der Waals surface area (Å²) in [6.07, 6.45) is 0.942. The Morgan fingerprint density at radius 3 is 2.28 bits per heavy atom. The quantitative estimate of drug-likeness (QED) is 0.768. The Bertz CT molecular complexity index is 428. The number of anilines is 1. The van der Waals surface area contributed by atoms with Gasteiger partial charge in [-0.2, -0.15) is 0 Å². The number of likely N-dealkylation sites (N-methyl/N-ethyl adjacent to an activating group) is 1. The van der Waals surface area contributed by atoms with E-state index in [-0.39, 0.29) is 5.41 Å². The standard InChI is InChI=1S/C13H21N3OS/c1-13(2,3)11-10(9-17)18-12(14-11)16-7-5-15(4)6-8-16/h9H,5-8H2,1-4H3. The third-order valence-corrected chi connectivity index (χ3v) is 4.27. The number of hydrogen-bond donors (Lipinski definition) is 0. The second kappa shape index (κ2) is 4.97. The van der Waals surface area contributed by atoms with Crippen molar-refractivity contribution in [2.45, 2.75) is 26.2 Å². The van der Waals surface area contributed by atoms with Gasteiger partial charge in [0.25, 0.3) is 0 Å². The summed E-state index contributed by atoms with van der Waals surface area (Å²) in [5.74, 6) is 0. The molecule has 0 radical (unpaired) electrons. The van der Waals surface area contributed by atoms with Crippen LogP contribution in [0.1, 0.15) is 36.1 Å². The van der Waals surface area contributed by atoms with Gasteiger partial charge in [0.1, 0.15) is 0 Å². The molecule has 2 rings (SSSR count).